The molecule has 4 nitrogen and oxygen atoms in total. The van der Waals surface area contributed by atoms with Crippen LogP contribution in [0.2, 0.25) is 0 Å². The van der Waals surface area contributed by atoms with Crippen LogP contribution in [-0.2, 0) is 0 Å². The number of fused-ring (bicyclic) bond motifs is 3. The van der Waals surface area contributed by atoms with Gasteiger partial charge in [-0.25, -0.2) is 0 Å². The lowest BCUT2D eigenvalue weighted by molar-refractivity contribution is -0.384. The van der Waals surface area contributed by atoms with E-state index in [4.69, 9.17) is 0 Å². The number of hydrogen-bond acceptors (Lipinski definition) is 4. The van der Waals surface area contributed by atoms with Crippen LogP contribution in [0.1, 0.15) is 15.9 Å². The second kappa shape index (κ2) is 4.17. The van der Waals surface area contributed by atoms with E-state index in [9.17, 15) is 18.8 Å². The molecule has 1 aliphatic carbocycles. The normalized spacial score (nSPS) is 12.2. The first-order valence-corrected chi connectivity index (χ1v) is 6.09. The summed E-state index contributed by atoms with van der Waals surface area (Å²) >= 11 is 0.0632. The van der Waals surface area contributed by atoms with Crippen LogP contribution in [0.5, 0.6) is 0 Å². The highest BCUT2D eigenvalue weighted by Crippen LogP contribution is 2.39. The smallest absolute Gasteiger partial charge is 0.270 e. The molecule has 94 valence electrons. The summed E-state index contributed by atoms with van der Waals surface area (Å²) in [4.78, 5) is 22.7. The molecule has 19 heavy (non-hydrogen) atoms. The SMILES string of the molecule is O=C1c2cc(SF)ccc2-c2ccc([N+](=O)[O-])cc21. The van der Waals surface area contributed by atoms with Gasteiger partial charge in [-0.05, 0) is 29.3 Å². The number of nitrogens with zero attached hydrogens (tertiary/aromatic N) is 1. The first-order valence-electron chi connectivity index (χ1n) is 5.38. The molecule has 0 N–H and O–H groups in total. The van der Waals surface area contributed by atoms with Crippen molar-refractivity contribution in [3.8, 4) is 11.1 Å². The van der Waals surface area contributed by atoms with Gasteiger partial charge in [0.25, 0.3) is 5.69 Å². The molecule has 2 aromatic carbocycles. The van der Waals surface area contributed by atoms with Crippen molar-refractivity contribution < 1.29 is 13.6 Å². The van der Waals surface area contributed by atoms with Gasteiger partial charge in [0, 0.05) is 28.2 Å². The minimum Gasteiger partial charge on any atom is -0.289 e. The second-order valence-electron chi connectivity index (χ2n) is 4.10. The van der Waals surface area contributed by atoms with Gasteiger partial charge in [0.15, 0.2) is 5.78 Å². The monoisotopic (exact) mass is 275 g/mol. The maximum absolute atomic E-state index is 12.5. The highest BCUT2D eigenvalue weighted by molar-refractivity contribution is 7.94. The van der Waals surface area contributed by atoms with Gasteiger partial charge < -0.3 is 0 Å². The molecule has 0 heterocycles. The van der Waals surface area contributed by atoms with E-state index < -0.39 is 4.92 Å². The third-order valence-corrected chi connectivity index (χ3v) is 3.51. The van der Waals surface area contributed by atoms with E-state index in [2.05, 4.69) is 0 Å². The first kappa shape index (κ1) is 11.9. The minimum absolute atomic E-state index is 0.0632. The van der Waals surface area contributed by atoms with Crippen LogP contribution in [0.4, 0.5) is 9.57 Å². The van der Waals surface area contributed by atoms with Crippen LogP contribution >= 0.6 is 12.1 Å². The molecule has 0 spiro atoms. The van der Waals surface area contributed by atoms with Crippen molar-refractivity contribution in [3.05, 3.63) is 57.6 Å². The van der Waals surface area contributed by atoms with Crippen LogP contribution in [-0.4, -0.2) is 10.7 Å². The second-order valence-corrected chi connectivity index (χ2v) is 4.73. The molecule has 2 aromatic rings. The molecule has 0 aliphatic heterocycles. The number of carbonyl (C=O) groups is 1. The summed E-state index contributed by atoms with van der Waals surface area (Å²) in [6.07, 6.45) is 0. The van der Waals surface area contributed by atoms with Crippen LogP contribution in [0.25, 0.3) is 11.1 Å². The Bertz CT molecular complexity index is 730. The molecule has 6 heteroatoms. The molecule has 0 radical (unpaired) electrons. The fourth-order valence-electron chi connectivity index (χ4n) is 2.21. The van der Waals surface area contributed by atoms with E-state index in [0.29, 0.717) is 27.1 Å². The van der Waals surface area contributed by atoms with Gasteiger partial charge in [0.05, 0.1) is 17.1 Å². The number of nitro benzene ring substituents is 1. The lowest BCUT2D eigenvalue weighted by atomic mass is 10.1. The van der Waals surface area contributed by atoms with Gasteiger partial charge in [0.2, 0.25) is 0 Å². The highest BCUT2D eigenvalue weighted by Gasteiger charge is 2.28. The Labute approximate surface area is 111 Å². The summed E-state index contributed by atoms with van der Waals surface area (Å²) in [6, 6.07) is 8.88. The van der Waals surface area contributed by atoms with E-state index in [1.54, 1.807) is 18.2 Å². The Kier molecular flexibility index (Phi) is 2.60. The van der Waals surface area contributed by atoms with Crippen molar-refractivity contribution in [1.82, 2.24) is 0 Å². The number of carbonyl (C=O) groups excluding carboxylic acids is 1. The zero-order chi connectivity index (χ0) is 13.6. The Morgan fingerprint density at radius 3 is 2.26 bits per heavy atom. The van der Waals surface area contributed by atoms with E-state index in [-0.39, 0.29) is 23.6 Å². The number of hydrogen-bond donors (Lipinski definition) is 0. The number of rotatable bonds is 2. The molecular formula is C13H6FNO3S. The van der Waals surface area contributed by atoms with Crippen LogP contribution in [0.15, 0.2) is 41.3 Å². The predicted octanol–water partition coefficient (Wildman–Crippen LogP) is 3.78. The zero-order valence-corrected chi connectivity index (χ0v) is 10.2. The van der Waals surface area contributed by atoms with Crippen molar-refractivity contribution in [3.63, 3.8) is 0 Å². The Hall–Kier alpha value is -2.21. The third kappa shape index (κ3) is 1.72. The standard InChI is InChI=1S/C13H6FNO3S/c14-19-8-2-4-10-9-3-1-7(15(17)18)5-11(9)13(16)12(10)6-8/h1-6H. The van der Waals surface area contributed by atoms with E-state index in [0.717, 1.165) is 0 Å². The van der Waals surface area contributed by atoms with Crippen LogP contribution < -0.4 is 0 Å². The van der Waals surface area contributed by atoms with Crippen molar-refractivity contribution in [2.75, 3.05) is 0 Å². The molecule has 0 aromatic heterocycles. The summed E-state index contributed by atoms with van der Waals surface area (Å²) in [5.74, 6) is -0.301. The van der Waals surface area contributed by atoms with Gasteiger partial charge in [-0.1, -0.05) is 6.07 Å². The molecule has 0 saturated heterocycles. The average molecular weight is 275 g/mol. The molecule has 0 bridgehead atoms. The number of benzene rings is 2. The zero-order valence-electron chi connectivity index (χ0n) is 9.42. The number of non-ortho nitro benzene ring substituents is 1. The molecule has 0 atom stereocenters. The quantitative estimate of drug-likeness (QED) is 0.527. The predicted molar refractivity (Wildman–Crippen MR) is 68.9 cm³/mol. The van der Waals surface area contributed by atoms with Crippen LogP contribution in [0.3, 0.4) is 0 Å². The van der Waals surface area contributed by atoms with Crippen molar-refractivity contribution in [1.29, 1.82) is 0 Å². The Morgan fingerprint density at radius 1 is 1.00 bits per heavy atom. The van der Waals surface area contributed by atoms with Gasteiger partial charge >= 0.3 is 0 Å². The molecule has 3 rings (SSSR count). The molecule has 1 aliphatic rings. The number of nitro groups is 1. The average Bonchev–Trinajstić information content (AvgIpc) is 2.71. The van der Waals surface area contributed by atoms with E-state index in [1.165, 1.54) is 18.2 Å². The largest absolute Gasteiger partial charge is 0.289 e. The van der Waals surface area contributed by atoms with E-state index >= 15 is 0 Å². The van der Waals surface area contributed by atoms with Crippen LogP contribution in [0, 0.1) is 10.1 Å². The molecule has 0 amide bonds. The maximum atomic E-state index is 12.5. The Balaban J connectivity index is 2.21. The van der Waals surface area contributed by atoms with Gasteiger partial charge in [-0.15, -0.1) is 0 Å². The molecular weight excluding hydrogens is 269 g/mol. The summed E-state index contributed by atoms with van der Waals surface area (Å²) in [7, 11) is 0. The highest BCUT2D eigenvalue weighted by atomic mass is 32.2. The van der Waals surface area contributed by atoms with Crippen molar-refractivity contribution in [2.45, 2.75) is 4.90 Å². The Morgan fingerprint density at radius 2 is 1.63 bits per heavy atom. The first-order chi connectivity index (χ1) is 9.11. The fourth-order valence-corrected chi connectivity index (χ4v) is 2.49. The number of halogens is 1. The van der Waals surface area contributed by atoms with Gasteiger partial charge in [-0.2, -0.15) is 3.89 Å². The lowest BCUT2D eigenvalue weighted by Gasteiger charge is -2.00. The van der Waals surface area contributed by atoms with Crippen molar-refractivity contribution in [2.24, 2.45) is 0 Å². The fraction of sp³-hybridized carbons (Fsp3) is 0. The minimum atomic E-state index is -0.542. The summed E-state index contributed by atoms with van der Waals surface area (Å²) in [5.41, 5.74) is 1.90. The topological polar surface area (TPSA) is 60.2 Å². The molecule has 0 fully saturated rings. The number of ketones is 1. The van der Waals surface area contributed by atoms with Gasteiger partial charge in [-0.3, -0.25) is 14.9 Å². The van der Waals surface area contributed by atoms with Crippen molar-refractivity contribution >= 4 is 23.6 Å². The molecule has 0 unspecified atom stereocenters. The lowest BCUT2D eigenvalue weighted by Crippen LogP contribution is -1.96. The van der Waals surface area contributed by atoms with Gasteiger partial charge in [0.1, 0.15) is 0 Å². The van der Waals surface area contributed by atoms with E-state index in [1.807, 2.05) is 0 Å². The molecule has 0 saturated carbocycles. The third-order valence-electron chi connectivity index (χ3n) is 3.07. The summed E-state index contributed by atoms with van der Waals surface area (Å²) in [5, 5.41) is 10.7. The summed E-state index contributed by atoms with van der Waals surface area (Å²) < 4.78 is 12.5. The summed E-state index contributed by atoms with van der Waals surface area (Å²) in [6.45, 7) is 0. The maximum Gasteiger partial charge on any atom is 0.270 e.